The lowest BCUT2D eigenvalue weighted by molar-refractivity contribution is -0.295. The number of carbonyl (C=O) groups is 2. The Hall–Kier alpha value is -1.10. The smallest absolute Gasteiger partial charge is 0.342 e. The van der Waals surface area contributed by atoms with Crippen LogP contribution < -0.4 is 0 Å². The Morgan fingerprint density at radius 2 is 1.28 bits per heavy atom. The Bertz CT molecular complexity index is 330. The van der Waals surface area contributed by atoms with Crippen LogP contribution in [0.25, 0.3) is 0 Å². The summed E-state index contributed by atoms with van der Waals surface area (Å²) in [6, 6.07) is 0. The summed E-state index contributed by atoms with van der Waals surface area (Å²) >= 11 is 0. The molecule has 1 N–H and O–H groups in total. The minimum Gasteiger partial charge on any atom is -0.481 e. The number of rotatable bonds is 18. The van der Waals surface area contributed by atoms with Gasteiger partial charge in [0.05, 0.1) is 12.8 Å². The minimum atomic E-state index is -1.01. The molecule has 0 aromatic rings. The van der Waals surface area contributed by atoms with Crippen LogP contribution in [-0.2, 0) is 19.4 Å². The predicted molar refractivity (Wildman–Crippen MR) is 99.2 cm³/mol. The van der Waals surface area contributed by atoms with E-state index in [9.17, 15) is 9.59 Å². The van der Waals surface area contributed by atoms with E-state index < -0.39 is 11.9 Å². The summed E-state index contributed by atoms with van der Waals surface area (Å²) in [6.07, 6.45) is 16.1. The number of hydrogen-bond donors (Lipinski definition) is 1. The molecule has 0 heterocycles. The van der Waals surface area contributed by atoms with Crippen molar-refractivity contribution in [2.75, 3.05) is 0 Å². The first-order valence-corrected chi connectivity index (χ1v) is 10.1. The molecule has 0 radical (unpaired) electrons. The molecule has 0 aromatic carbocycles. The molecule has 5 heteroatoms. The van der Waals surface area contributed by atoms with Crippen LogP contribution in [0.1, 0.15) is 110 Å². The lowest BCUT2D eigenvalue weighted by Gasteiger charge is -2.10. The molecule has 0 aromatic heterocycles. The van der Waals surface area contributed by atoms with Crippen LogP contribution >= 0.6 is 0 Å². The molecule has 0 rings (SSSR count). The second-order valence-electron chi connectivity index (χ2n) is 6.93. The molecule has 0 saturated carbocycles. The van der Waals surface area contributed by atoms with E-state index in [1.165, 1.54) is 70.6 Å². The highest BCUT2D eigenvalue weighted by Gasteiger charge is 2.10. The number of hydrogen-bond acceptors (Lipinski definition) is 4. The quantitative estimate of drug-likeness (QED) is 0.190. The molecular formula is C20H38O5. The van der Waals surface area contributed by atoms with Gasteiger partial charge in [0, 0.05) is 0 Å². The topological polar surface area (TPSA) is 72.8 Å². The molecule has 0 bridgehead atoms. The predicted octanol–water partition coefficient (Wildman–Crippen LogP) is 5.81. The fourth-order valence-corrected chi connectivity index (χ4v) is 2.71. The highest BCUT2D eigenvalue weighted by atomic mass is 17.2. The molecule has 0 aliphatic carbocycles. The molecule has 0 amide bonds. The van der Waals surface area contributed by atoms with Gasteiger partial charge in [-0.05, 0) is 13.3 Å². The average molecular weight is 359 g/mol. The maximum atomic E-state index is 11.2. The summed E-state index contributed by atoms with van der Waals surface area (Å²) < 4.78 is 0. The first-order valence-electron chi connectivity index (χ1n) is 10.1. The van der Waals surface area contributed by atoms with Crippen LogP contribution in [0.2, 0.25) is 0 Å². The fraction of sp³-hybridized carbons (Fsp3) is 0.900. The van der Waals surface area contributed by atoms with Crippen LogP contribution in [0.15, 0.2) is 0 Å². The van der Waals surface area contributed by atoms with Crippen molar-refractivity contribution in [2.45, 2.75) is 116 Å². The van der Waals surface area contributed by atoms with Gasteiger partial charge in [-0.3, -0.25) is 9.68 Å². The van der Waals surface area contributed by atoms with Crippen molar-refractivity contribution < 1.29 is 24.5 Å². The molecule has 5 nitrogen and oxygen atoms in total. The lowest BCUT2D eigenvalue weighted by atomic mass is 10.0. The highest BCUT2D eigenvalue weighted by Crippen LogP contribution is 2.13. The Labute approximate surface area is 153 Å². The third-order valence-electron chi connectivity index (χ3n) is 4.31. The third kappa shape index (κ3) is 19.1. The number of unbranched alkanes of at least 4 members (excludes halogenated alkanes) is 11. The molecule has 1 atom stereocenters. The largest absolute Gasteiger partial charge is 0.481 e. The summed E-state index contributed by atoms with van der Waals surface area (Å²) in [5.74, 6) is -1.63. The first-order chi connectivity index (χ1) is 12.1. The molecule has 0 fully saturated rings. The highest BCUT2D eigenvalue weighted by molar-refractivity contribution is 5.76. The molecule has 25 heavy (non-hydrogen) atoms. The summed E-state index contributed by atoms with van der Waals surface area (Å²) in [6.45, 7) is 4.12. The van der Waals surface area contributed by atoms with Crippen LogP contribution in [0, 0.1) is 0 Å². The van der Waals surface area contributed by atoms with Crippen LogP contribution in [0.4, 0.5) is 0 Å². The van der Waals surface area contributed by atoms with E-state index in [2.05, 4.69) is 11.8 Å². The van der Waals surface area contributed by atoms with Gasteiger partial charge in [-0.2, -0.15) is 4.89 Å². The van der Waals surface area contributed by atoms with Gasteiger partial charge in [-0.15, -0.1) is 0 Å². The Kier molecular flexibility index (Phi) is 16.9. The maximum absolute atomic E-state index is 11.2. The minimum absolute atomic E-state index is 0.142. The third-order valence-corrected chi connectivity index (χ3v) is 4.31. The van der Waals surface area contributed by atoms with Gasteiger partial charge in [-0.1, -0.05) is 84.0 Å². The first kappa shape index (κ1) is 23.9. The van der Waals surface area contributed by atoms with Crippen molar-refractivity contribution in [3.63, 3.8) is 0 Å². The maximum Gasteiger partial charge on any atom is 0.342 e. The van der Waals surface area contributed by atoms with Crippen molar-refractivity contribution in [3.05, 3.63) is 0 Å². The van der Waals surface area contributed by atoms with Gasteiger partial charge in [0.25, 0.3) is 0 Å². The summed E-state index contributed by atoms with van der Waals surface area (Å²) in [7, 11) is 0. The zero-order valence-corrected chi connectivity index (χ0v) is 16.3. The zero-order chi connectivity index (χ0) is 18.8. The van der Waals surface area contributed by atoms with E-state index in [1.54, 1.807) is 0 Å². The van der Waals surface area contributed by atoms with E-state index >= 15 is 0 Å². The monoisotopic (exact) mass is 358 g/mol. The van der Waals surface area contributed by atoms with Gasteiger partial charge >= 0.3 is 11.9 Å². The zero-order valence-electron chi connectivity index (χ0n) is 16.3. The summed E-state index contributed by atoms with van der Waals surface area (Å²) in [4.78, 5) is 31.2. The normalized spacial score (nSPS) is 12.1. The second kappa shape index (κ2) is 17.7. The van der Waals surface area contributed by atoms with Crippen molar-refractivity contribution in [3.8, 4) is 0 Å². The van der Waals surface area contributed by atoms with Crippen molar-refractivity contribution in [1.82, 2.24) is 0 Å². The SMILES string of the molecule is CCCCCCCCCCCCCCC(C)OOC(=O)CCC(=O)O. The lowest BCUT2D eigenvalue weighted by Crippen LogP contribution is -2.14. The van der Waals surface area contributed by atoms with Gasteiger partial charge in [0.1, 0.15) is 6.10 Å². The van der Waals surface area contributed by atoms with Gasteiger partial charge in [0.15, 0.2) is 0 Å². The molecular weight excluding hydrogens is 320 g/mol. The number of carboxylic acids is 1. The van der Waals surface area contributed by atoms with E-state index in [4.69, 9.17) is 9.99 Å². The van der Waals surface area contributed by atoms with Crippen LogP contribution in [0.5, 0.6) is 0 Å². The van der Waals surface area contributed by atoms with Crippen molar-refractivity contribution in [2.24, 2.45) is 0 Å². The average Bonchev–Trinajstić information content (AvgIpc) is 2.59. The fourth-order valence-electron chi connectivity index (χ4n) is 2.71. The van der Waals surface area contributed by atoms with Gasteiger partial charge in [-0.25, -0.2) is 4.79 Å². The molecule has 1 unspecified atom stereocenters. The van der Waals surface area contributed by atoms with Crippen LogP contribution in [-0.4, -0.2) is 23.1 Å². The Balaban J connectivity index is 3.28. The summed E-state index contributed by atoms with van der Waals surface area (Å²) in [5.41, 5.74) is 0. The van der Waals surface area contributed by atoms with E-state index in [-0.39, 0.29) is 18.9 Å². The van der Waals surface area contributed by atoms with E-state index in [1.807, 2.05) is 6.92 Å². The Morgan fingerprint density at radius 3 is 1.76 bits per heavy atom. The molecule has 148 valence electrons. The standard InChI is InChI=1S/C20H38O5/c1-3-4-5-6-7-8-9-10-11-12-13-14-15-18(2)24-25-20(23)17-16-19(21)22/h18H,3-17H2,1-2H3,(H,21,22). The summed E-state index contributed by atoms with van der Waals surface area (Å²) in [5, 5.41) is 8.47. The Morgan fingerprint density at radius 1 is 0.800 bits per heavy atom. The van der Waals surface area contributed by atoms with Crippen molar-refractivity contribution >= 4 is 11.9 Å². The molecule has 0 aliphatic heterocycles. The van der Waals surface area contributed by atoms with Gasteiger partial charge < -0.3 is 5.11 Å². The van der Waals surface area contributed by atoms with E-state index in [0.717, 1.165) is 12.8 Å². The number of carboxylic acid groups (broad SMARTS) is 1. The van der Waals surface area contributed by atoms with Crippen molar-refractivity contribution in [1.29, 1.82) is 0 Å². The second-order valence-corrected chi connectivity index (χ2v) is 6.93. The number of carbonyl (C=O) groups excluding carboxylic acids is 1. The molecule has 0 aliphatic rings. The van der Waals surface area contributed by atoms with E-state index in [0.29, 0.717) is 0 Å². The van der Waals surface area contributed by atoms with Crippen LogP contribution in [0.3, 0.4) is 0 Å². The molecule has 0 spiro atoms. The van der Waals surface area contributed by atoms with Gasteiger partial charge in [0.2, 0.25) is 0 Å². The molecule has 0 saturated heterocycles. The number of aliphatic carboxylic acids is 1.